The Bertz CT molecular complexity index is 330. The molecule has 0 aromatic carbocycles. The van der Waals surface area contributed by atoms with Gasteiger partial charge in [0.1, 0.15) is 5.60 Å². The Balaban J connectivity index is 2.24. The third kappa shape index (κ3) is 7.45. The monoisotopic (exact) mass is 315 g/mol. The molecular weight excluding hydrogens is 282 g/mol. The molecule has 5 nitrogen and oxygen atoms in total. The zero-order valence-electron chi connectivity index (χ0n) is 14.9. The molecule has 1 fully saturated rings. The predicted octanol–water partition coefficient (Wildman–Crippen LogP) is 3.61. The number of likely N-dealkylation sites (tertiary alicyclic amines) is 1. The van der Waals surface area contributed by atoms with Crippen molar-refractivity contribution >= 4 is 6.09 Å². The molecule has 1 saturated heterocycles. The second-order valence-corrected chi connectivity index (χ2v) is 7.23. The Hall–Kier alpha value is -0.810. The summed E-state index contributed by atoms with van der Waals surface area (Å²) in [6.45, 7) is 13.4. The van der Waals surface area contributed by atoms with Crippen molar-refractivity contribution in [3.05, 3.63) is 0 Å². The Labute approximate surface area is 135 Å². The van der Waals surface area contributed by atoms with Crippen LogP contribution in [0.4, 0.5) is 4.79 Å². The standard InChI is InChI=1S/C17H33NO4/c1-6-7-12-20-13-14-21-17(5)8-10-18(11-9-17)15(19)22-16(2,3)4/h6-14H2,1-5H3. The number of piperidine rings is 1. The van der Waals surface area contributed by atoms with Crippen molar-refractivity contribution in [3.8, 4) is 0 Å². The van der Waals surface area contributed by atoms with Gasteiger partial charge in [-0.15, -0.1) is 0 Å². The van der Waals surface area contributed by atoms with Crippen molar-refractivity contribution in [2.24, 2.45) is 0 Å². The first kappa shape index (κ1) is 19.2. The summed E-state index contributed by atoms with van der Waals surface area (Å²) in [5, 5.41) is 0. The van der Waals surface area contributed by atoms with Gasteiger partial charge in [0.15, 0.2) is 0 Å². The summed E-state index contributed by atoms with van der Waals surface area (Å²) in [7, 11) is 0. The molecule has 0 radical (unpaired) electrons. The molecule has 1 aliphatic rings. The van der Waals surface area contributed by atoms with E-state index < -0.39 is 5.60 Å². The summed E-state index contributed by atoms with van der Waals surface area (Å²) in [6, 6.07) is 0. The van der Waals surface area contributed by atoms with Crippen LogP contribution in [0.15, 0.2) is 0 Å². The molecule has 1 rings (SSSR count). The molecule has 0 aromatic rings. The lowest BCUT2D eigenvalue weighted by atomic mass is 9.93. The Morgan fingerprint density at radius 2 is 1.77 bits per heavy atom. The van der Waals surface area contributed by atoms with Crippen LogP contribution < -0.4 is 0 Å². The highest BCUT2D eigenvalue weighted by molar-refractivity contribution is 5.68. The van der Waals surface area contributed by atoms with Crippen LogP contribution in [0.1, 0.15) is 60.3 Å². The van der Waals surface area contributed by atoms with E-state index in [1.54, 1.807) is 4.90 Å². The SMILES string of the molecule is CCCCOCCOC1(C)CCN(C(=O)OC(C)(C)C)CC1. The smallest absolute Gasteiger partial charge is 0.410 e. The van der Waals surface area contributed by atoms with Gasteiger partial charge >= 0.3 is 6.09 Å². The summed E-state index contributed by atoms with van der Waals surface area (Å²) < 4.78 is 16.9. The van der Waals surface area contributed by atoms with E-state index in [2.05, 4.69) is 13.8 Å². The van der Waals surface area contributed by atoms with Gasteiger partial charge in [-0.25, -0.2) is 4.79 Å². The molecule has 0 atom stereocenters. The molecule has 0 saturated carbocycles. The van der Waals surface area contributed by atoms with E-state index >= 15 is 0 Å². The highest BCUT2D eigenvalue weighted by Gasteiger charge is 2.34. The zero-order valence-corrected chi connectivity index (χ0v) is 14.9. The third-order valence-corrected chi connectivity index (χ3v) is 3.79. The number of hydrogen-bond acceptors (Lipinski definition) is 4. The van der Waals surface area contributed by atoms with Gasteiger partial charge in [-0.3, -0.25) is 0 Å². The fourth-order valence-electron chi connectivity index (χ4n) is 2.33. The fourth-order valence-corrected chi connectivity index (χ4v) is 2.33. The van der Waals surface area contributed by atoms with E-state index in [0.29, 0.717) is 26.3 Å². The average Bonchev–Trinajstić information content (AvgIpc) is 2.41. The second kappa shape index (κ2) is 8.73. The minimum Gasteiger partial charge on any atom is -0.444 e. The summed E-state index contributed by atoms with van der Waals surface area (Å²) in [4.78, 5) is 13.8. The molecule has 0 N–H and O–H groups in total. The number of rotatable bonds is 7. The van der Waals surface area contributed by atoms with Gasteiger partial charge in [0.05, 0.1) is 18.8 Å². The lowest BCUT2D eigenvalue weighted by molar-refractivity contribution is -0.0878. The van der Waals surface area contributed by atoms with Crippen LogP contribution in [-0.2, 0) is 14.2 Å². The second-order valence-electron chi connectivity index (χ2n) is 7.23. The topological polar surface area (TPSA) is 48.0 Å². The maximum Gasteiger partial charge on any atom is 0.410 e. The number of carbonyl (C=O) groups excluding carboxylic acids is 1. The van der Waals surface area contributed by atoms with Crippen molar-refractivity contribution in [2.45, 2.75) is 71.5 Å². The fraction of sp³-hybridized carbons (Fsp3) is 0.941. The molecule has 1 amide bonds. The van der Waals surface area contributed by atoms with Crippen molar-refractivity contribution < 1.29 is 19.0 Å². The number of nitrogens with zero attached hydrogens (tertiary/aromatic N) is 1. The number of amides is 1. The van der Waals surface area contributed by atoms with Crippen molar-refractivity contribution in [3.63, 3.8) is 0 Å². The molecule has 0 spiro atoms. The van der Waals surface area contributed by atoms with Crippen molar-refractivity contribution in [2.75, 3.05) is 32.9 Å². The van der Waals surface area contributed by atoms with E-state index in [9.17, 15) is 4.79 Å². The van der Waals surface area contributed by atoms with E-state index in [1.165, 1.54) is 0 Å². The van der Waals surface area contributed by atoms with Gasteiger partial charge in [0.2, 0.25) is 0 Å². The van der Waals surface area contributed by atoms with Gasteiger partial charge < -0.3 is 19.1 Å². The maximum atomic E-state index is 12.0. The van der Waals surface area contributed by atoms with Crippen LogP contribution >= 0.6 is 0 Å². The highest BCUT2D eigenvalue weighted by Crippen LogP contribution is 2.26. The van der Waals surface area contributed by atoms with Crippen LogP contribution in [0, 0.1) is 0 Å². The molecule has 130 valence electrons. The minimum atomic E-state index is -0.440. The van der Waals surface area contributed by atoms with Gasteiger partial charge in [0.25, 0.3) is 0 Å². The van der Waals surface area contributed by atoms with Gasteiger partial charge in [-0.1, -0.05) is 13.3 Å². The van der Waals surface area contributed by atoms with Crippen LogP contribution in [0.25, 0.3) is 0 Å². The summed E-state index contributed by atoms with van der Waals surface area (Å²) in [5.41, 5.74) is -0.600. The summed E-state index contributed by atoms with van der Waals surface area (Å²) in [6.07, 6.45) is 3.70. The Kier molecular flexibility index (Phi) is 7.63. The number of hydrogen-bond donors (Lipinski definition) is 0. The molecule has 1 aliphatic heterocycles. The molecule has 5 heteroatoms. The summed E-state index contributed by atoms with van der Waals surface area (Å²) in [5.74, 6) is 0. The molecule has 0 aliphatic carbocycles. The van der Waals surface area contributed by atoms with Crippen LogP contribution in [0.2, 0.25) is 0 Å². The molecular formula is C17H33NO4. The van der Waals surface area contributed by atoms with Crippen molar-refractivity contribution in [1.82, 2.24) is 4.90 Å². The maximum absolute atomic E-state index is 12.0. The quantitative estimate of drug-likeness (QED) is 0.673. The molecule has 0 aromatic heterocycles. The minimum absolute atomic E-state index is 0.160. The number of ether oxygens (including phenoxy) is 3. The lowest BCUT2D eigenvalue weighted by Crippen LogP contribution is -2.48. The first-order valence-corrected chi connectivity index (χ1v) is 8.45. The largest absolute Gasteiger partial charge is 0.444 e. The first-order valence-electron chi connectivity index (χ1n) is 8.45. The highest BCUT2D eigenvalue weighted by atomic mass is 16.6. The lowest BCUT2D eigenvalue weighted by Gasteiger charge is -2.39. The van der Waals surface area contributed by atoms with E-state index in [-0.39, 0.29) is 11.7 Å². The number of unbranched alkanes of at least 4 members (excludes halogenated alkanes) is 1. The van der Waals surface area contributed by atoms with E-state index in [4.69, 9.17) is 14.2 Å². The molecule has 0 unspecified atom stereocenters. The number of carbonyl (C=O) groups is 1. The van der Waals surface area contributed by atoms with Gasteiger partial charge in [0, 0.05) is 19.7 Å². The van der Waals surface area contributed by atoms with Crippen molar-refractivity contribution in [1.29, 1.82) is 0 Å². The molecule has 0 bridgehead atoms. The Morgan fingerprint density at radius 1 is 1.14 bits per heavy atom. The van der Waals surface area contributed by atoms with Gasteiger partial charge in [-0.05, 0) is 47.0 Å². The van der Waals surface area contributed by atoms with Crippen LogP contribution in [0.3, 0.4) is 0 Å². The third-order valence-electron chi connectivity index (χ3n) is 3.79. The summed E-state index contributed by atoms with van der Waals surface area (Å²) >= 11 is 0. The Morgan fingerprint density at radius 3 is 2.32 bits per heavy atom. The van der Waals surface area contributed by atoms with Crippen LogP contribution in [-0.4, -0.2) is 55.1 Å². The zero-order chi connectivity index (χ0) is 16.6. The van der Waals surface area contributed by atoms with E-state index in [0.717, 1.165) is 32.3 Å². The molecule has 22 heavy (non-hydrogen) atoms. The normalized spacial score (nSPS) is 18.3. The first-order chi connectivity index (χ1) is 10.3. The average molecular weight is 315 g/mol. The predicted molar refractivity (Wildman–Crippen MR) is 87.1 cm³/mol. The van der Waals surface area contributed by atoms with Gasteiger partial charge in [-0.2, -0.15) is 0 Å². The molecule has 1 heterocycles. The van der Waals surface area contributed by atoms with E-state index in [1.807, 2.05) is 20.8 Å². The van der Waals surface area contributed by atoms with Crippen LogP contribution in [0.5, 0.6) is 0 Å².